The molecule has 1 aliphatic heterocycles. The number of hydrogen-bond acceptors (Lipinski definition) is 2. The average molecular weight is 845 g/mol. The van der Waals surface area contributed by atoms with E-state index in [1.54, 1.807) is 0 Å². The van der Waals surface area contributed by atoms with Gasteiger partial charge in [0.1, 0.15) is 0 Å². The third kappa shape index (κ3) is 6.47. The Kier molecular flexibility index (Phi) is 9.55. The lowest BCUT2D eigenvalue weighted by molar-refractivity contribution is 1.29. The Labute approximate surface area is 381 Å². The second-order valence-corrected chi connectivity index (χ2v) is 20.6. The first-order valence-corrected chi connectivity index (χ1v) is 24.4. The fourth-order valence-electron chi connectivity index (χ4n) is 10.4. The summed E-state index contributed by atoms with van der Waals surface area (Å²) in [7, 11) is -2.85. The van der Waals surface area contributed by atoms with Gasteiger partial charge in [-0.25, -0.2) is 0 Å². The van der Waals surface area contributed by atoms with E-state index in [2.05, 4.69) is 277 Å². The van der Waals surface area contributed by atoms with Gasteiger partial charge in [-0.1, -0.05) is 212 Å². The van der Waals surface area contributed by atoms with Gasteiger partial charge in [0.25, 0.3) is 0 Å². The van der Waals surface area contributed by atoms with Crippen molar-refractivity contribution in [2.24, 2.45) is 0 Å². The van der Waals surface area contributed by atoms with E-state index in [1.807, 2.05) is 0 Å². The molecule has 0 aromatic heterocycles. The lowest BCUT2D eigenvalue weighted by Crippen LogP contribution is -2.77. The van der Waals surface area contributed by atoms with Crippen LogP contribution in [0.2, 0.25) is 0 Å². The van der Waals surface area contributed by atoms with E-state index in [1.165, 1.54) is 75.9 Å². The highest BCUT2D eigenvalue weighted by Crippen LogP contribution is 2.42. The van der Waals surface area contributed by atoms with Gasteiger partial charge in [-0.15, -0.1) is 0 Å². The van der Waals surface area contributed by atoms with Crippen LogP contribution >= 0.6 is 0 Å². The first-order chi connectivity index (χ1) is 32.3. The normalized spacial score (nSPS) is 12.7. The van der Waals surface area contributed by atoms with Crippen LogP contribution in [-0.2, 0) is 0 Å². The van der Waals surface area contributed by atoms with Crippen molar-refractivity contribution in [3.8, 4) is 22.3 Å². The summed E-state index contributed by atoms with van der Waals surface area (Å²) in [6, 6.07) is 98.5. The van der Waals surface area contributed by atoms with Gasteiger partial charge in [-0.3, -0.25) is 0 Å². The van der Waals surface area contributed by atoms with Gasteiger partial charge < -0.3 is 9.80 Å². The Morgan fingerprint density at radius 1 is 0.323 bits per heavy atom. The molecule has 11 aromatic rings. The van der Waals surface area contributed by atoms with Crippen LogP contribution in [-0.4, -0.2) is 8.07 Å². The van der Waals surface area contributed by atoms with Gasteiger partial charge in [-0.2, -0.15) is 0 Å². The van der Waals surface area contributed by atoms with E-state index in [0.29, 0.717) is 0 Å². The van der Waals surface area contributed by atoms with E-state index in [-0.39, 0.29) is 0 Å². The molecule has 11 aromatic carbocycles. The van der Waals surface area contributed by atoms with Gasteiger partial charge in [0.05, 0.1) is 5.69 Å². The minimum atomic E-state index is -2.85. The molecule has 0 aliphatic carbocycles. The van der Waals surface area contributed by atoms with Crippen LogP contribution in [0.1, 0.15) is 0 Å². The monoisotopic (exact) mass is 844 g/mol. The van der Waals surface area contributed by atoms with E-state index in [0.717, 1.165) is 22.7 Å². The van der Waals surface area contributed by atoms with Crippen LogP contribution in [0.5, 0.6) is 0 Å². The summed E-state index contributed by atoms with van der Waals surface area (Å²) in [5.41, 5.74) is 11.8. The third-order valence-corrected chi connectivity index (χ3v) is 18.1. The maximum atomic E-state index is 2.51. The first-order valence-electron chi connectivity index (χ1n) is 22.4. The van der Waals surface area contributed by atoms with Crippen molar-refractivity contribution in [1.29, 1.82) is 0 Å². The van der Waals surface area contributed by atoms with Crippen molar-refractivity contribution in [2.45, 2.75) is 0 Å². The maximum Gasteiger partial charge on any atom is 0.184 e. The summed E-state index contributed by atoms with van der Waals surface area (Å²) in [4.78, 5) is 4.88. The zero-order chi connectivity index (χ0) is 43.2. The molecule has 0 fully saturated rings. The number of rotatable bonds is 8. The Bertz CT molecular complexity index is 3430. The summed E-state index contributed by atoms with van der Waals surface area (Å²) in [6.07, 6.45) is 0. The van der Waals surface area contributed by atoms with Crippen molar-refractivity contribution in [2.75, 3.05) is 9.80 Å². The molecule has 0 bridgehead atoms. The van der Waals surface area contributed by atoms with Crippen molar-refractivity contribution >= 4 is 84.5 Å². The van der Waals surface area contributed by atoms with Crippen molar-refractivity contribution in [3.05, 3.63) is 267 Å². The number of nitrogens with zero attached hydrogens (tertiary/aromatic N) is 2. The summed E-state index contributed by atoms with van der Waals surface area (Å²) >= 11 is 0. The van der Waals surface area contributed by atoms with Crippen LogP contribution in [0.4, 0.5) is 34.1 Å². The second-order valence-electron chi connectivity index (χ2n) is 16.9. The Morgan fingerprint density at radius 2 is 0.815 bits per heavy atom. The molecule has 0 spiro atoms. The minimum absolute atomic E-state index is 1.10. The molecule has 0 atom stereocenters. The summed E-state index contributed by atoms with van der Waals surface area (Å²) in [5.74, 6) is 0. The smallest absolute Gasteiger partial charge is 0.184 e. The SMILES string of the molecule is c1ccc(N2c3ccccc3[Si](c3ccccc3)(c3ccccc3)c3cc(-c4ccc(N(c5ccc(-c6cccc7ccccc67)cc5)c5cccc6ccccc56)cc4)ccc32)cc1. The number of para-hydroxylation sites is 2. The predicted octanol–water partition coefficient (Wildman–Crippen LogP) is 14.0. The van der Waals surface area contributed by atoms with Crippen LogP contribution in [0.15, 0.2) is 267 Å². The summed E-state index contributed by atoms with van der Waals surface area (Å²) < 4.78 is 0. The predicted molar refractivity (Wildman–Crippen MR) is 279 cm³/mol. The zero-order valence-electron chi connectivity index (χ0n) is 35.8. The highest BCUT2D eigenvalue weighted by atomic mass is 28.3. The zero-order valence-corrected chi connectivity index (χ0v) is 36.8. The molecule has 0 saturated carbocycles. The van der Waals surface area contributed by atoms with E-state index in [4.69, 9.17) is 0 Å². The molecule has 0 radical (unpaired) electrons. The summed E-state index contributed by atoms with van der Waals surface area (Å²) in [6.45, 7) is 0. The number of fused-ring (bicyclic) bond motifs is 4. The third-order valence-electron chi connectivity index (χ3n) is 13.3. The van der Waals surface area contributed by atoms with Gasteiger partial charge in [0.2, 0.25) is 0 Å². The molecule has 0 amide bonds. The molecule has 65 heavy (non-hydrogen) atoms. The topological polar surface area (TPSA) is 6.48 Å². The van der Waals surface area contributed by atoms with E-state index in [9.17, 15) is 0 Å². The summed E-state index contributed by atoms with van der Waals surface area (Å²) in [5, 5.41) is 10.4. The quantitative estimate of drug-likeness (QED) is 0.141. The largest absolute Gasteiger partial charge is 0.311 e. The molecule has 1 aliphatic rings. The molecular weight excluding hydrogens is 801 g/mol. The second kappa shape index (κ2) is 16.1. The molecule has 2 nitrogen and oxygen atoms in total. The Morgan fingerprint density at radius 3 is 1.49 bits per heavy atom. The van der Waals surface area contributed by atoms with Crippen LogP contribution < -0.4 is 30.5 Å². The Hall–Kier alpha value is -8.24. The molecule has 0 saturated heterocycles. The number of benzene rings is 11. The highest BCUT2D eigenvalue weighted by molar-refractivity contribution is 7.21. The van der Waals surface area contributed by atoms with Gasteiger partial charge in [0.15, 0.2) is 8.07 Å². The van der Waals surface area contributed by atoms with Gasteiger partial charge in [-0.05, 0) is 114 Å². The van der Waals surface area contributed by atoms with E-state index >= 15 is 0 Å². The molecule has 1 heterocycles. The maximum absolute atomic E-state index is 2.85. The van der Waals surface area contributed by atoms with Gasteiger partial charge in [0, 0.05) is 33.8 Å². The van der Waals surface area contributed by atoms with Crippen LogP contribution in [0.25, 0.3) is 43.8 Å². The van der Waals surface area contributed by atoms with Crippen LogP contribution in [0.3, 0.4) is 0 Å². The first kappa shape index (κ1) is 38.4. The molecule has 3 heteroatoms. The lowest BCUT2D eigenvalue weighted by Gasteiger charge is -2.45. The van der Waals surface area contributed by atoms with Crippen molar-refractivity contribution in [1.82, 2.24) is 0 Å². The standard InChI is InChI=1S/C62H44N2Si/c1-4-22-50(23-5-1)64-59-31-14-15-33-61(59)65(53-24-6-2-7-25-53,54-26-8-3-9-27-54)62-44-49(38-43-60(62)64)45-34-39-51(40-35-45)63(58-32-17-21-47-19-11-13-29-57(47)58)52-41-36-48(37-42-52)56-30-16-20-46-18-10-12-28-55(46)56/h1-44H. The van der Waals surface area contributed by atoms with Gasteiger partial charge >= 0.3 is 0 Å². The molecule has 0 unspecified atom stereocenters. The molecular formula is C62H44N2Si. The number of hydrogen-bond donors (Lipinski definition) is 0. The lowest BCUT2D eigenvalue weighted by atomic mass is 9.98. The average Bonchev–Trinajstić information content (AvgIpc) is 3.39. The fraction of sp³-hybridized carbons (Fsp3) is 0. The van der Waals surface area contributed by atoms with E-state index < -0.39 is 8.07 Å². The van der Waals surface area contributed by atoms with Crippen LogP contribution in [0, 0.1) is 0 Å². The fourth-order valence-corrected chi connectivity index (χ4v) is 15.5. The van der Waals surface area contributed by atoms with Crippen molar-refractivity contribution in [3.63, 3.8) is 0 Å². The highest BCUT2D eigenvalue weighted by Gasteiger charge is 2.48. The number of anilines is 6. The van der Waals surface area contributed by atoms with Crippen molar-refractivity contribution < 1.29 is 0 Å². The Balaban J connectivity index is 1.02. The molecule has 0 N–H and O–H groups in total. The minimum Gasteiger partial charge on any atom is -0.311 e. The molecule has 306 valence electrons. The molecule has 12 rings (SSSR count).